The molecule has 2 heterocycles. The van der Waals surface area contributed by atoms with Gasteiger partial charge >= 0.3 is 0 Å². The van der Waals surface area contributed by atoms with Crippen LogP contribution in [0.1, 0.15) is 28.8 Å². The summed E-state index contributed by atoms with van der Waals surface area (Å²) < 4.78 is 21.1. The molecule has 0 aliphatic carbocycles. The molecule has 0 aliphatic rings. The monoisotopic (exact) mass is 432 g/mol. The molecule has 6 nitrogen and oxygen atoms in total. The topological polar surface area (TPSA) is 69.0 Å². The fourth-order valence-corrected chi connectivity index (χ4v) is 3.88. The van der Waals surface area contributed by atoms with Crippen molar-refractivity contribution in [3.63, 3.8) is 0 Å². The first-order valence-corrected chi connectivity index (χ1v) is 10.4. The van der Waals surface area contributed by atoms with Crippen LogP contribution in [0.3, 0.4) is 0 Å². The lowest BCUT2D eigenvalue weighted by Gasteiger charge is -2.13. The summed E-state index contributed by atoms with van der Waals surface area (Å²) in [5.41, 5.74) is 5.31. The number of halogens is 1. The van der Waals surface area contributed by atoms with Crippen molar-refractivity contribution in [3.8, 4) is 11.6 Å². The number of rotatable bonds is 6. The zero-order valence-corrected chi connectivity index (χ0v) is 18.6. The summed E-state index contributed by atoms with van der Waals surface area (Å²) in [5.74, 6) is -0.0753. The van der Waals surface area contributed by atoms with Gasteiger partial charge in [-0.3, -0.25) is 4.79 Å². The van der Waals surface area contributed by atoms with Crippen LogP contribution in [0.5, 0.6) is 5.88 Å². The van der Waals surface area contributed by atoms with Gasteiger partial charge in [0.2, 0.25) is 11.8 Å². The van der Waals surface area contributed by atoms with Gasteiger partial charge in [0.25, 0.3) is 0 Å². The second kappa shape index (κ2) is 8.78. The Kier molecular flexibility index (Phi) is 5.90. The van der Waals surface area contributed by atoms with Crippen molar-refractivity contribution >= 4 is 22.6 Å². The van der Waals surface area contributed by atoms with Crippen LogP contribution in [0.2, 0.25) is 0 Å². The molecule has 0 bridgehead atoms. The molecule has 0 unspecified atom stereocenters. The molecule has 0 aliphatic heterocycles. The number of hydrogen-bond donors (Lipinski definition) is 1. The van der Waals surface area contributed by atoms with Crippen LogP contribution in [0.25, 0.3) is 16.7 Å². The number of para-hydroxylation sites is 1. The highest BCUT2D eigenvalue weighted by molar-refractivity contribution is 5.91. The summed E-state index contributed by atoms with van der Waals surface area (Å²) in [7, 11) is 1.57. The largest absolute Gasteiger partial charge is 0.481 e. The number of hydrogen-bond acceptors (Lipinski definition) is 4. The van der Waals surface area contributed by atoms with Crippen LogP contribution in [0, 0.1) is 26.6 Å². The van der Waals surface area contributed by atoms with Crippen molar-refractivity contribution < 1.29 is 13.9 Å². The number of fused-ring (bicyclic) bond motifs is 1. The second-order valence-electron chi connectivity index (χ2n) is 7.77. The number of carbonyl (C=O) groups excluding carboxylic acids is 1. The molecular weight excluding hydrogens is 407 g/mol. The van der Waals surface area contributed by atoms with Gasteiger partial charge in [-0.15, -0.1) is 0 Å². The number of methoxy groups -OCH3 is 1. The van der Waals surface area contributed by atoms with Crippen molar-refractivity contribution in [2.24, 2.45) is 0 Å². The van der Waals surface area contributed by atoms with E-state index in [1.54, 1.807) is 26.2 Å². The van der Waals surface area contributed by atoms with Gasteiger partial charge in [0.15, 0.2) is 5.65 Å². The van der Waals surface area contributed by atoms with E-state index in [2.05, 4.69) is 10.4 Å². The number of aromatic nitrogens is 3. The number of ether oxygens (including phenoxy) is 1. The molecular formula is C25H25FN4O2. The van der Waals surface area contributed by atoms with Gasteiger partial charge in [0, 0.05) is 23.1 Å². The molecule has 1 amide bonds. The average Bonchev–Trinajstić information content (AvgIpc) is 3.12. The Morgan fingerprint density at radius 1 is 1.12 bits per heavy atom. The zero-order valence-electron chi connectivity index (χ0n) is 18.6. The molecule has 7 heteroatoms. The minimum atomic E-state index is -0.346. The van der Waals surface area contributed by atoms with Crippen molar-refractivity contribution in [1.82, 2.24) is 14.8 Å². The number of pyridine rings is 1. The van der Waals surface area contributed by atoms with Crippen molar-refractivity contribution in [2.75, 3.05) is 12.4 Å². The Bertz CT molecular complexity index is 1300. The molecule has 4 aromatic rings. The lowest BCUT2D eigenvalue weighted by molar-refractivity contribution is -0.116. The molecule has 4 rings (SSSR count). The van der Waals surface area contributed by atoms with Gasteiger partial charge in [0.05, 0.1) is 18.5 Å². The Morgan fingerprint density at radius 3 is 2.56 bits per heavy atom. The van der Waals surface area contributed by atoms with Gasteiger partial charge in [-0.05, 0) is 62.6 Å². The molecule has 0 saturated carbocycles. The highest BCUT2D eigenvalue weighted by atomic mass is 19.1. The maximum Gasteiger partial charge on any atom is 0.224 e. The third-order valence-electron chi connectivity index (χ3n) is 5.58. The maximum atomic E-state index is 13.8. The van der Waals surface area contributed by atoms with E-state index in [9.17, 15) is 9.18 Å². The predicted molar refractivity (Wildman–Crippen MR) is 123 cm³/mol. The van der Waals surface area contributed by atoms with E-state index in [1.807, 2.05) is 48.9 Å². The summed E-state index contributed by atoms with van der Waals surface area (Å²) >= 11 is 0. The first-order chi connectivity index (χ1) is 15.4. The maximum absolute atomic E-state index is 13.8. The molecule has 2 aromatic carbocycles. The standard InChI is InChI=1S/C25H25FN4O2/c1-15-10-11-18(14-21(15)26)27-22(31)13-12-20-16(2)23-17(3)29-30(19-8-6-5-7-9-19)24(23)28-25(20)32-4/h5-11,14H,12-13H2,1-4H3,(H,27,31). The molecule has 1 N–H and O–H groups in total. The average molecular weight is 432 g/mol. The van der Waals surface area contributed by atoms with Crippen LogP contribution in [-0.4, -0.2) is 27.8 Å². The third kappa shape index (κ3) is 4.06. The third-order valence-corrected chi connectivity index (χ3v) is 5.58. The predicted octanol–water partition coefficient (Wildman–Crippen LogP) is 5.06. The molecule has 0 saturated heterocycles. The van der Waals surface area contributed by atoms with E-state index in [0.29, 0.717) is 29.2 Å². The molecule has 32 heavy (non-hydrogen) atoms. The molecule has 0 spiro atoms. The Morgan fingerprint density at radius 2 is 1.88 bits per heavy atom. The summed E-state index contributed by atoms with van der Waals surface area (Å²) in [5, 5.41) is 8.39. The summed E-state index contributed by atoms with van der Waals surface area (Å²) in [6, 6.07) is 14.5. The molecule has 0 radical (unpaired) electrons. The Balaban J connectivity index is 1.62. The Hall–Kier alpha value is -3.74. The summed E-state index contributed by atoms with van der Waals surface area (Å²) in [6.07, 6.45) is 0.653. The van der Waals surface area contributed by atoms with Gasteiger partial charge in [-0.25, -0.2) is 9.07 Å². The second-order valence-corrected chi connectivity index (χ2v) is 7.77. The lowest BCUT2D eigenvalue weighted by atomic mass is 10.0. The van der Waals surface area contributed by atoms with Crippen LogP contribution < -0.4 is 10.1 Å². The van der Waals surface area contributed by atoms with Crippen LogP contribution >= 0.6 is 0 Å². The number of carbonyl (C=O) groups is 1. The van der Waals surface area contributed by atoms with Crippen molar-refractivity contribution in [1.29, 1.82) is 0 Å². The zero-order chi connectivity index (χ0) is 22.8. The molecule has 2 aromatic heterocycles. The minimum absolute atomic E-state index is 0.202. The molecule has 0 fully saturated rings. The minimum Gasteiger partial charge on any atom is -0.481 e. The van der Waals surface area contributed by atoms with Crippen molar-refractivity contribution in [3.05, 3.63) is 76.7 Å². The SMILES string of the molecule is COc1nc2c(c(C)nn2-c2ccccc2)c(C)c1CCC(=O)Nc1ccc(C)c(F)c1. The quantitative estimate of drug-likeness (QED) is 0.462. The number of aryl methyl sites for hydroxylation is 3. The van der Waals surface area contributed by atoms with E-state index in [-0.39, 0.29) is 18.1 Å². The Labute approximate surface area is 186 Å². The van der Waals surface area contributed by atoms with Crippen LogP contribution in [0.15, 0.2) is 48.5 Å². The van der Waals surface area contributed by atoms with Gasteiger partial charge in [-0.1, -0.05) is 24.3 Å². The fourth-order valence-electron chi connectivity index (χ4n) is 3.88. The smallest absolute Gasteiger partial charge is 0.224 e. The van der Waals surface area contributed by atoms with Crippen LogP contribution in [0.4, 0.5) is 10.1 Å². The normalized spacial score (nSPS) is 11.0. The number of amides is 1. The fraction of sp³-hybridized carbons (Fsp3) is 0.240. The highest BCUT2D eigenvalue weighted by Crippen LogP contribution is 2.32. The first-order valence-electron chi connectivity index (χ1n) is 10.4. The lowest BCUT2D eigenvalue weighted by Crippen LogP contribution is -2.13. The summed E-state index contributed by atoms with van der Waals surface area (Å²) in [6.45, 7) is 5.63. The molecule has 0 atom stereocenters. The van der Waals surface area contributed by atoms with E-state index in [0.717, 1.165) is 27.9 Å². The van der Waals surface area contributed by atoms with Crippen molar-refractivity contribution in [2.45, 2.75) is 33.6 Å². The van der Waals surface area contributed by atoms with Crippen LogP contribution in [-0.2, 0) is 11.2 Å². The van der Waals surface area contributed by atoms with Gasteiger partial charge in [-0.2, -0.15) is 10.1 Å². The van der Waals surface area contributed by atoms with E-state index < -0.39 is 0 Å². The summed E-state index contributed by atoms with van der Waals surface area (Å²) in [4.78, 5) is 17.2. The number of nitrogens with one attached hydrogen (secondary N) is 1. The first kappa shape index (κ1) is 21.5. The van der Waals surface area contributed by atoms with E-state index in [1.165, 1.54) is 6.07 Å². The molecule has 164 valence electrons. The van der Waals surface area contributed by atoms with E-state index in [4.69, 9.17) is 9.72 Å². The van der Waals surface area contributed by atoms with Gasteiger partial charge < -0.3 is 10.1 Å². The highest BCUT2D eigenvalue weighted by Gasteiger charge is 2.20. The van der Waals surface area contributed by atoms with E-state index >= 15 is 0 Å². The number of anilines is 1. The number of nitrogens with zero attached hydrogens (tertiary/aromatic N) is 3. The number of benzene rings is 2. The van der Waals surface area contributed by atoms with Gasteiger partial charge in [0.1, 0.15) is 5.82 Å².